The second-order valence-electron chi connectivity index (χ2n) is 6.85. The molecule has 0 aromatic rings. The van der Waals surface area contributed by atoms with Crippen molar-refractivity contribution in [1.82, 2.24) is 0 Å². The Morgan fingerprint density at radius 2 is 1.85 bits per heavy atom. The molecule has 0 amide bonds. The first-order valence-electron chi connectivity index (χ1n) is 7.64. The summed E-state index contributed by atoms with van der Waals surface area (Å²) < 4.78 is 5.68. The lowest BCUT2D eigenvalue weighted by Gasteiger charge is -2.60. The van der Waals surface area contributed by atoms with Crippen molar-refractivity contribution in [2.75, 3.05) is 0 Å². The fourth-order valence-electron chi connectivity index (χ4n) is 5.18. The van der Waals surface area contributed by atoms with Crippen LogP contribution in [0.3, 0.4) is 0 Å². The van der Waals surface area contributed by atoms with E-state index in [9.17, 15) is 9.59 Å². The topological polar surface area (TPSA) is 63.6 Å². The molecule has 110 valence electrons. The van der Waals surface area contributed by atoms with Crippen LogP contribution in [0, 0.1) is 23.2 Å². The highest BCUT2D eigenvalue weighted by Crippen LogP contribution is 2.62. The second-order valence-corrected chi connectivity index (χ2v) is 6.85. The molecule has 3 atom stereocenters. The van der Waals surface area contributed by atoms with E-state index in [2.05, 4.69) is 6.92 Å². The molecule has 4 bridgehead atoms. The number of carboxylic acid groups (broad SMARTS) is 1. The van der Waals surface area contributed by atoms with Crippen molar-refractivity contribution < 1.29 is 19.4 Å². The molecular weight excluding hydrogens is 256 g/mol. The summed E-state index contributed by atoms with van der Waals surface area (Å²) in [6.07, 6.45) is 9.01. The van der Waals surface area contributed by atoms with Crippen molar-refractivity contribution in [3.63, 3.8) is 0 Å². The third-order valence-electron chi connectivity index (χ3n) is 5.67. The summed E-state index contributed by atoms with van der Waals surface area (Å²) in [6.45, 7) is 2.20. The van der Waals surface area contributed by atoms with E-state index in [1.807, 2.05) is 0 Å². The average Bonchev–Trinajstić information content (AvgIpc) is 2.40. The molecule has 4 aliphatic rings. The minimum Gasteiger partial charge on any atom is -0.478 e. The highest BCUT2D eigenvalue weighted by molar-refractivity contribution is 5.90. The van der Waals surface area contributed by atoms with E-state index in [1.54, 1.807) is 0 Å². The minimum absolute atomic E-state index is 0.00811. The highest BCUT2D eigenvalue weighted by atomic mass is 16.5. The van der Waals surface area contributed by atoms with Gasteiger partial charge in [-0.2, -0.15) is 0 Å². The van der Waals surface area contributed by atoms with Gasteiger partial charge in [-0.15, -0.1) is 0 Å². The van der Waals surface area contributed by atoms with Crippen LogP contribution in [-0.2, 0) is 14.3 Å². The molecular formula is C16H22O4. The van der Waals surface area contributed by atoms with Gasteiger partial charge in [0.15, 0.2) is 0 Å². The van der Waals surface area contributed by atoms with E-state index in [1.165, 1.54) is 32.1 Å². The van der Waals surface area contributed by atoms with Crippen LogP contribution in [0.15, 0.2) is 12.2 Å². The van der Waals surface area contributed by atoms with E-state index >= 15 is 0 Å². The zero-order chi connectivity index (χ0) is 14.3. The van der Waals surface area contributed by atoms with Gasteiger partial charge in [-0.1, -0.05) is 6.92 Å². The largest absolute Gasteiger partial charge is 0.478 e. The lowest BCUT2D eigenvalue weighted by atomic mass is 9.47. The first-order valence-corrected chi connectivity index (χ1v) is 7.64. The molecule has 3 unspecified atom stereocenters. The summed E-state index contributed by atoms with van der Waals surface area (Å²) in [5.74, 6) is 0.507. The van der Waals surface area contributed by atoms with Crippen molar-refractivity contribution in [2.45, 2.75) is 51.6 Å². The second kappa shape index (κ2) is 4.90. The van der Waals surface area contributed by atoms with Crippen LogP contribution in [0.5, 0.6) is 0 Å². The quantitative estimate of drug-likeness (QED) is 0.634. The van der Waals surface area contributed by atoms with E-state index in [-0.39, 0.29) is 11.5 Å². The van der Waals surface area contributed by atoms with Crippen molar-refractivity contribution in [1.29, 1.82) is 0 Å². The molecule has 4 heteroatoms. The van der Waals surface area contributed by atoms with Gasteiger partial charge < -0.3 is 9.84 Å². The van der Waals surface area contributed by atoms with E-state index in [4.69, 9.17) is 9.84 Å². The monoisotopic (exact) mass is 278 g/mol. The zero-order valence-electron chi connectivity index (χ0n) is 11.9. The van der Waals surface area contributed by atoms with Gasteiger partial charge >= 0.3 is 11.9 Å². The molecule has 0 spiro atoms. The molecule has 4 aliphatic carbocycles. The number of hydrogen-bond donors (Lipinski definition) is 1. The molecule has 0 aromatic carbocycles. The molecule has 0 aromatic heterocycles. The summed E-state index contributed by atoms with van der Waals surface area (Å²) in [5, 5.41) is 8.57. The summed E-state index contributed by atoms with van der Waals surface area (Å²) in [5.41, 5.74) is 0.154. The smallest absolute Gasteiger partial charge is 0.331 e. The third-order valence-corrected chi connectivity index (χ3v) is 5.67. The Bertz CT molecular complexity index is 439. The summed E-state index contributed by atoms with van der Waals surface area (Å²) in [7, 11) is 0. The SMILES string of the molecule is CCC12CC3CC(CC(C3)C1OC(=O)C=CC(=O)O)C2. The Hall–Kier alpha value is -1.32. The molecule has 4 nitrogen and oxygen atoms in total. The average molecular weight is 278 g/mol. The van der Waals surface area contributed by atoms with Crippen LogP contribution in [0.4, 0.5) is 0 Å². The predicted octanol–water partition coefficient (Wildman–Crippen LogP) is 2.78. The highest BCUT2D eigenvalue weighted by Gasteiger charge is 2.57. The van der Waals surface area contributed by atoms with E-state index in [0.717, 1.165) is 30.4 Å². The van der Waals surface area contributed by atoms with Crippen molar-refractivity contribution in [3.8, 4) is 0 Å². The maximum atomic E-state index is 11.8. The maximum absolute atomic E-state index is 11.8. The van der Waals surface area contributed by atoms with E-state index in [0.29, 0.717) is 5.92 Å². The normalized spacial score (nSPS) is 42.0. The first kappa shape index (κ1) is 13.7. The van der Waals surface area contributed by atoms with Gasteiger partial charge in [-0.05, 0) is 56.3 Å². The Morgan fingerprint density at radius 3 is 2.40 bits per heavy atom. The summed E-state index contributed by atoms with van der Waals surface area (Å²) >= 11 is 0. The van der Waals surface area contributed by atoms with Gasteiger partial charge in [0.2, 0.25) is 0 Å². The van der Waals surface area contributed by atoms with Crippen molar-refractivity contribution in [3.05, 3.63) is 12.2 Å². The fourth-order valence-corrected chi connectivity index (χ4v) is 5.18. The molecule has 0 aliphatic heterocycles. The van der Waals surface area contributed by atoms with Crippen LogP contribution in [0.1, 0.15) is 45.4 Å². The maximum Gasteiger partial charge on any atom is 0.331 e. The Kier molecular flexibility index (Phi) is 3.35. The zero-order valence-corrected chi connectivity index (χ0v) is 11.9. The number of carbonyl (C=O) groups excluding carboxylic acids is 1. The Morgan fingerprint density at radius 1 is 1.20 bits per heavy atom. The number of carboxylic acids is 1. The van der Waals surface area contributed by atoms with Crippen LogP contribution in [0.25, 0.3) is 0 Å². The van der Waals surface area contributed by atoms with Crippen LogP contribution in [-0.4, -0.2) is 23.1 Å². The van der Waals surface area contributed by atoms with Crippen molar-refractivity contribution >= 4 is 11.9 Å². The molecule has 4 saturated carbocycles. The molecule has 1 N–H and O–H groups in total. The lowest BCUT2D eigenvalue weighted by Crippen LogP contribution is -2.57. The fraction of sp³-hybridized carbons (Fsp3) is 0.750. The van der Waals surface area contributed by atoms with Gasteiger partial charge in [0.05, 0.1) is 0 Å². The predicted molar refractivity (Wildman–Crippen MR) is 72.9 cm³/mol. The Balaban J connectivity index is 1.75. The lowest BCUT2D eigenvalue weighted by molar-refractivity contribution is -0.190. The van der Waals surface area contributed by atoms with Gasteiger partial charge in [-0.25, -0.2) is 9.59 Å². The van der Waals surface area contributed by atoms with Gasteiger partial charge in [0, 0.05) is 17.6 Å². The van der Waals surface area contributed by atoms with Crippen LogP contribution < -0.4 is 0 Å². The standard InChI is InChI=1S/C16H22O4/c1-2-16-8-10-5-11(9-16)7-12(6-10)15(16)20-14(19)4-3-13(17)18/h3-4,10-12,15H,2,5-9H2,1H3,(H,17,18). The molecule has 0 saturated heterocycles. The summed E-state index contributed by atoms with van der Waals surface area (Å²) in [6, 6.07) is 0. The molecule has 20 heavy (non-hydrogen) atoms. The van der Waals surface area contributed by atoms with Crippen molar-refractivity contribution in [2.24, 2.45) is 23.2 Å². The van der Waals surface area contributed by atoms with Gasteiger partial charge in [0.1, 0.15) is 6.10 Å². The van der Waals surface area contributed by atoms with Crippen LogP contribution >= 0.6 is 0 Å². The van der Waals surface area contributed by atoms with Crippen LogP contribution in [0.2, 0.25) is 0 Å². The number of aliphatic carboxylic acids is 1. The third kappa shape index (κ3) is 2.25. The minimum atomic E-state index is -1.11. The molecule has 4 fully saturated rings. The number of ether oxygens (including phenoxy) is 1. The number of carbonyl (C=O) groups is 2. The van der Waals surface area contributed by atoms with Gasteiger partial charge in [-0.3, -0.25) is 0 Å². The van der Waals surface area contributed by atoms with E-state index < -0.39 is 11.9 Å². The first-order chi connectivity index (χ1) is 9.52. The molecule has 0 radical (unpaired) electrons. The Labute approximate surface area is 119 Å². The number of esters is 1. The van der Waals surface area contributed by atoms with Gasteiger partial charge in [0.25, 0.3) is 0 Å². The molecule has 0 heterocycles. The summed E-state index contributed by atoms with van der Waals surface area (Å²) in [4.78, 5) is 22.3. The molecule has 4 rings (SSSR count). The number of hydrogen-bond acceptors (Lipinski definition) is 3. The number of rotatable bonds is 4.